The number of methoxy groups -OCH3 is 1. The van der Waals surface area contributed by atoms with E-state index in [4.69, 9.17) is 36.9 Å². The van der Waals surface area contributed by atoms with Crippen LogP contribution in [0.4, 0.5) is 15.8 Å². The number of benzene rings is 2. The molecule has 0 aliphatic carbocycles. The normalized spacial score (nSPS) is 16.2. The monoisotopic (exact) mass is 486 g/mol. The number of nitrogen functional groups attached to an aromatic ring is 1. The number of nitrogens with zero attached hydrogens (tertiary/aromatic N) is 2. The zero-order chi connectivity index (χ0) is 25.5. The van der Waals surface area contributed by atoms with Gasteiger partial charge in [0.25, 0.3) is 5.91 Å². The number of hydrazine groups is 1. The van der Waals surface area contributed by atoms with Gasteiger partial charge in [0, 0.05) is 42.7 Å². The van der Waals surface area contributed by atoms with Gasteiger partial charge in [-0.05, 0) is 37.3 Å². The molecule has 35 heavy (non-hydrogen) atoms. The molecule has 1 aliphatic rings. The van der Waals surface area contributed by atoms with Crippen molar-refractivity contribution in [2.24, 2.45) is 11.6 Å². The quantitative estimate of drug-likeness (QED) is 0.138. The minimum atomic E-state index is -0.678. The summed E-state index contributed by atoms with van der Waals surface area (Å²) in [7, 11) is 1.51. The van der Waals surface area contributed by atoms with Crippen LogP contribution in [0.5, 0.6) is 5.75 Å². The van der Waals surface area contributed by atoms with Gasteiger partial charge < -0.3 is 30.6 Å². The molecule has 0 saturated carbocycles. The highest BCUT2D eigenvalue weighted by atomic mass is 19.1. The number of nitrogens with one attached hydrogen (secondary N) is 1. The fourth-order valence-corrected chi connectivity index (χ4v) is 3.55. The predicted molar refractivity (Wildman–Crippen MR) is 132 cm³/mol. The van der Waals surface area contributed by atoms with E-state index in [9.17, 15) is 9.18 Å². The van der Waals surface area contributed by atoms with Crippen LogP contribution in [0.25, 0.3) is 0 Å². The van der Waals surface area contributed by atoms with Gasteiger partial charge in [0.05, 0.1) is 43.0 Å². The standard InChI is InChI=1S/C24H31FN6O4/c1-15-14-34-8-7-30(15)24(32)16-3-5-17(6-4-16)31(29)13-21(27)23(28)18-11-19(25)22(12-20(18)26)35-10-9-33-2/h3-6,11-13,15,28H,7-10,14,26-27,29H2,1-2H3/b21-13-,28-23?/t15-/m0/s1. The Labute approximate surface area is 203 Å². The number of halogens is 1. The Balaban J connectivity index is 1.70. The molecule has 1 amide bonds. The molecule has 0 aromatic heterocycles. The molecule has 2 aromatic carbocycles. The summed E-state index contributed by atoms with van der Waals surface area (Å²) in [5.74, 6) is 5.29. The van der Waals surface area contributed by atoms with E-state index in [1.807, 2.05) is 6.92 Å². The summed E-state index contributed by atoms with van der Waals surface area (Å²) in [6.45, 7) is 3.95. The maximum Gasteiger partial charge on any atom is 0.254 e. The number of nitrogens with two attached hydrogens (primary N) is 3. The summed E-state index contributed by atoms with van der Waals surface area (Å²) in [4.78, 5) is 14.6. The van der Waals surface area contributed by atoms with Crippen LogP contribution < -0.4 is 27.1 Å². The largest absolute Gasteiger partial charge is 0.488 e. The van der Waals surface area contributed by atoms with Gasteiger partial charge in [0.1, 0.15) is 6.61 Å². The highest BCUT2D eigenvalue weighted by molar-refractivity contribution is 6.13. The van der Waals surface area contributed by atoms with E-state index in [2.05, 4.69) is 0 Å². The van der Waals surface area contributed by atoms with E-state index < -0.39 is 5.82 Å². The summed E-state index contributed by atoms with van der Waals surface area (Å²) in [6.07, 6.45) is 1.32. The van der Waals surface area contributed by atoms with Gasteiger partial charge in [0.15, 0.2) is 11.6 Å². The molecule has 188 valence electrons. The summed E-state index contributed by atoms with van der Waals surface area (Å²) >= 11 is 0. The molecular formula is C24H31FN6O4. The van der Waals surface area contributed by atoms with E-state index in [0.29, 0.717) is 37.6 Å². The molecule has 0 radical (unpaired) electrons. The van der Waals surface area contributed by atoms with Crippen molar-refractivity contribution in [2.45, 2.75) is 13.0 Å². The van der Waals surface area contributed by atoms with Crippen molar-refractivity contribution in [1.82, 2.24) is 4.90 Å². The first kappa shape index (κ1) is 25.9. The predicted octanol–water partition coefficient (Wildman–Crippen LogP) is 1.84. The number of morpholine rings is 1. The molecule has 0 spiro atoms. The first-order valence-electron chi connectivity index (χ1n) is 11.0. The molecule has 1 aliphatic heterocycles. The Kier molecular flexibility index (Phi) is 8.63. The molecule has 1 atom stereocenters. The summed E-state index contributed by atoms with van der Waals surface area (Å²) in [5, 5.41) is 9.56. The zero-order valence-corrected chi connectivity index (χ0v) is 19.8. The van der Waals surface area contributed by atoms with Crippen molar-refractivity contribution in [3.05, 3.63) is 65.2 Å². The molecular weight excluding hydrogens is 455 g/mol. The average molecular weight is 487 g/mol. The Bertz CT molecular complexity index is 1090. The van der Waals surface area contributed by atoms with Crippen LogP contribution >= 0.6 is 0 Å². The Morgan fingerprint density at radius 2 is 2.03 bits per heavy atom. The lowest BCUT2D eigenvalue weighted by atomic mass is 10.0. The number of carbonyl (C=O) groups excluding carboxylic acids is 1. The maximum atomic E-state index is 14.4. The number of hydrogen-bond acceptors (Lipinski definition) is 9. The second kappa shape index (κ2) is 11.6. The molecule has 0 unspecified atom stereocenters. The number of ether oxygens (including phenoxy) is 3. The number of carbonyl (C=O) groups is 1. The highest BCUT2D eigenvalue weighted by Gasteiger charge is 2.24. The van der Waals surface area contributed by atoms with Crippen molar-refractivity contribution >= 4 is 23.0 Å². The lowest BCUT2D eigenvalue weighted by Gasteiger charge is -2.33. The number of amides is 1. The van der Waals surface area contributed by atoms with Crippen molar-refractivity contribution in [3.8, 4) is 5.75 Å². The van der Waals surface area contributed by atoms with Crippen molar-refractivity contribution in [1.29, 1.82) is 5.41 Å². The Morgan fingerprint density at radius 1 is 1.31 bits per heavy atom. The van der Waals surface area contributed by atoms with E-state index in [0.717, 1.165) is 6.07 Å². The topological polar surface area (TPSA) is 153 Å². The molecule has 1 fully saturated rings. The summed E-state index contributed by atoms with van der Waals surface area (Å²) in [6, 6.07) is 9.08. The lowest BCUT2D eigenvalue weighted by Crippen LogP contribution is -2.47. The summed E-state index contributed by atoms with van der Waals surface area (Å²) < 4.78 is 30.0. The maximum absolute atomic E-state index is 14.4. The van der Waals surface area contributed by atoms with Crippen LogP contribution in [0.1, 0.15) is 22.8 Å². The third kappa shape index (κ3) is 6.27. The minimum absolute atomic E-state index is 0.000985. The van der Waals surface area contributed by atoms with Crippen LogP contribution in [0.3, 0.4) is 0 Å². The fourth-order valence-electron chi connectivity index (χ4n) is 3.55. The first-order chi connectivity index (χ1) is 16.7. The van der Waals surface area contributed by atoms with Gasteiger partial charge in [-0.25, -0.2) is 10.2 Å². The van der Waals surface area contributed by atoms with Crippen molar-refractivity contribution in [3.63, 3.8) is 0 Å². The van der Waals surface area contributed by atoms with Crippen LogP contribution in [0.2, 0.25) is 0 Å². The summed E-state index contributed by atoms with van der Waals surface area (Å²) in [5.41, 5.74) is 13.1. The van der Waals surface area contributed by atoms with E-state index in [-0.39, 0.29) is 47.0 Å². The van der Waals surface area contributed by atoms with E-state index in [1.54, 1.807) is 29.2 Å². The van der Waals surface area contributed by atoms with Crippen LogP contribution in [-0.2, 0) is 9.47 Å². The SMILES string of the molecule is COCCOc1cc(N)c(C(=N)/C(N)=C/N(N)c2ccc(C(=O)N3CCOC[C@@H]3C)cc2)cc1F. The lowest BCUT2D eigenvalue weighted by molar-refractivity contribution is 0.00359. The molecule has 2 aromatic rings. The first-order valence-corrected chi connectivity index (χ1v) is 11.0. The third-order valence-electron chi connectivity index (χ3n) is 5.53. The molecule has 1 heterocycles. The smallest absolute Gasteiger partial charge is 0.254 e. The fraction of sp³-hybridized carbons (Fsp3) is 0.333. The van der Waals surface area contributed by atoms with Gasteiger partial charge in [-0.15, -0.1) is 0 Å². The van der Waals surface area contributed by atoms with Gasteiger partial charge >= 0.3 is 0 Å². The number of hydrogen-bond donors (Lipinski definition) is 4. The molecule has 3 rings (SSSR count). The highest BCUT2D eigenvalue weighted by Crippen LogP contribution is 2.26. The second-order valence-electron chi connectivity index (χ2n) is 8.05. The molecule has 1 saturated heterocycles. The second-order valence-corrected chi connectivity index (χ2v) is 8.05. The van der Waals surface area contributed by atoms with E-state index in [1.165, 1.54) is 24.4 Å². The number of rotatable bonds is 9. The molecule has 7 N–H and O–H groups in total. The van der Waals surface area contributed by atoms with Gasteiger partial charge in [-0.3, -0.25) is 15.2 Å². The Hall–Kier alpha value is -3.67. The van der Waals surface area contributed by atoms with Crippen LogP contribution in [-0.4, -0.2) is 62.6 Å². The number of anilines is 2. The Morgan fingerprint density at radius 3 is 2.69 bits per heavy atom. The van der Waals surface area contributed by atoms with Crippen LogP contribution in [0.15, 0.2) is 48.3 Å². The van der Waals surface area contributed by atoms with Crippen LogP contribution in [0, 0.1) is 11.2 Å². The molecule has 10 nitrogen and oxygen atoms in total. The molecule has 11 heteroatoms. The van der Waals surface area contributed by atoms with Crippen molar-refractivity contribution < 1.29 is 23.4 Å². The van der Waals surface area contributed by atoms with E-state index >= 15 is 0 Å². The van der Waals surface area contributed by atoms with Crippen molar-refractivity contribution in [2.75, 3.05) is 50.8 Å². The zero-order valence-electron chi connectivity index (χ0n) is 19.8. The number of allylic oxidation sites excluding steroid dienone is 1. The van der Waals surface area contributed by atoms with Gasteiger partial charge in [0.2, 0.25) is 0 Å². The van der Waals surface area contributed by atoms with Gasteiger partial charge in [-0.1, -0.05) is 0 Å². The minimum Gasteiger partial charge on any atom is -0.488 e. The third-order valence-corrected chi connectivity index (χ3v) is 5.53. The average Bonchev–Trinajstić information content (AvgIpc) is 2.85. The van der Waals surface area contributed by atoms with Gasteiger partial charge in [-0.2, -0.15) is 0 Å². The molecule has 0 bridgehead atoms.